The zero-order valence-corrected chi connectivity index (χ0v) is 11.5. The van der Waals surface area contributed by atoms with E-state index in [2.05, 4.69) is 9.97 Å². The number of aryl methyl sites for hydroxylation is 1. The second kappa shape index (κ2) is 4.97. The molecule has 0 radical (unpaired) electrons. The number of hydrogen-bond donors (Lipinski definition) is 0. The van der Waals surface area contributed by atoms with Crippen LogP contribution in [0, 0.1) is 5.82 Å². The minimum atomic E-state index is -0.509. The molecule has 6 heteroatoms. The van der Waals surface area contributed by atoms with Gasteiger partial charge in [0.05, 0.1) is 30.6 Å². The second-order valence-electron chi connectivity index (χ2n) is 4.60. The van der Waals surface area contributed by atoms with Crippen LogP contribution in [0.4, 0.5) is 4.39 Å². The van der Waals surface area contributed by atoms with Crippen molar-refractivity contribution >= 4 is 10.8 Å². The number of nitrogens with zero attached hydrogens (tertiary/aromatic N) is 3. The summed E-state index contributed by atoms with van der Waals surface area (Å²) >= 11 is 0. The minimum Gasteiger partial charge on any atom is -0.480 e. The first-order chi connectivity index (χ1) is 10.1. The monoisotopic (exact) mass is 285 g/mol. The fraction of sp³-hybridized carbons (Fsp3) is 0.133. The summed E-state index contributed by atoms with van der Waals surface area (Å²) in [6.07, 6.45) is 4.50. The molecular weight excluding hydrogens is 273 g/mol. The highest BCUT2D eigenvalue weighted by Gasteiger charge is 2.11. The van der Waals surface area contributed by atoms with Gasteiger partial charge in [0.15, 0.2) is 0 Å². The number of hydrogen-bond acceptors (Lipinski definition) is 4. The molecule has 0 unspecified atom stereocenters. The molecule has 0 fully saturated rings. The average Bonchev–Trinajstić information content (AvgIpc) is 2.51. The normalized spacial score (nSPS) is 10.8. The van der Waals surface area contributed by atoms with Crippen LogP contribution in [0.25, 0.3) is 22.0 Å². The summed E-state index contributed by atoms with van der Waals surface area (Å²) in [4.78, 5) is 20.1. The standard InChI is InChI=1S/C15H12FN3O2/c1-19-4-3-9-5-11(12(16)6-10(9)15(19)20)13-7-18-14(21-2)8-17-13/h3-8H,1-2H3. The number of halogens is 1. The van der Waals surface area contributed by atoms with E-state index >= 15 is 0 Å². The number of fused-ring (bicyclic) bond motifs is 1. The van der Waals surface area contributed by atoms with Crippen molar-refractivity contribution in [2.24, 2.45) is 7.05 Å². The van der Waals surface area contributed by atoms with E-state index in [0.717, 1.165) is 0 Å². The Kier molecular flexibility index (Phi) is 3.13. The number of pyridine rings is 1. The number of methoxy groups -OCH3 is 1. The molecule has 0 aliphatic heterocycles. The van der Waals surface area contributed by atoms with Gasteiger partial charge < -0.3 is 9.30 Å². The maximum absolute atomic E-state index is 14.3. The summed E-state index contributed by atoms with van der Waals surface area (Å²) in [6.45, 7) is 0. The summed E-state index contributed by atoms with van der Waals surface area (Å²) in [7, 11) is 3.11. The minimum absolute atomic E-state index is 0.237. The molecule has 5 nitrogen and oxygen atoms in total. The van der Waals surface area contributed by atoms with Crippen molar-refractivity contribution < 1.29 is 9.13 Å². The first-order valence-electron chi connectivity index (χ1n) is 6.25. The lowest BCUT2D eigenvalue weighted by Crippen LogP contribution is -2.15. The summed E-state index contributed by atoms with van der Waals surface area (Å²) in [5.74, 6) is -0.154. The van der Waals surface area contributed by atoms with Gasteiger partial charge in [-0.1, -0.05) is 0 Å². The van der Waals surface area contributed by atoms with Gasteiger partial charge in [0.25, 0.3) is 5.56 Å². The fourth-order valence-electron chi connectivity index (χ4n) is 2.12. The summed E-state index contributed by atoms with van der Waals surface area (Å²) in [5.41, 5.74) is 0.445. The van der Waals surface area contributed by atoms with Crippen LogP contribution in [0.15, 0.2) is 41.6 Å². The molecular formula is C15H12FN3O2. The molecule has 3 rings (SSSR count). The third kappa shape index (κ3) is 2.24. The van der Waals surface area contributed by atoms with Gasteiger partial charge in [0.2, 0.25) is 5.88 Å². The molecule has 2 heterocycles. The van der Waals surface area contributed by atoms with E-state index in [1.54, 1.807) is 25.4 Å². The highest BCUT2D eigenvalue weighted by atomic mass is 19.1. The summed E-state index contributed by atoms with van der Waals surface area (Å²) in [6, 6.07) is 4.60. The fourth-order valence-corrected chi connectivity index (χ4v) is 2.12. The Bertz CT molecular complexity index is 872. The molecule has 21 heavy (non-hydrogen) atoms. The zero-order chi connectivity index (χ0) is 15.0. The SMILES string of the molecule is COc1cnc(-c2cc3ccn(C)c(=O)c3cc2F)cn1. The first kappa shape index (κ1) is 13.2. The molecule has 0 atom stereocenters. The largest absolute Gasteiger partial charge is 0.480 e. The van der Waals surface area contributed by atoms with Crippen LogP contribution in [0.2, 0.25) is 0 Å². The predicted octanol–water partition coefficient (Wildman–Crippen LogP) is 2.14. The van der Waals surface area contributed by atoms with Crippen molar-refractivity contribution in [3.05, 3.63) is 53.0 Å². The Morgan fingerprint density at radius 3 is 2.71 bits per heavy atom. The molecule has 106 valence electrons. The van der Waals surface area contributed by atoms with Gasteiger partial charge in [-0.2, -0.15) is 0 Å². The van der Waals surface area contributed by atoms with Crippen molar-refractivity contribution in [2.75, 3.05) is 7.11 Å². The number of ether oxygens (including phenoxy) is 1. The van der Waals surface area contributed by atoms with E-state index in [4.69, 9.17) is 4.74 Å². The maximum atomic E-state index is 14.3. The topological polar surface area (TPSA) is 57.0 Å². The third-order valence-corrected chi connectivity index (χ3v) is 3.28. The van der Waals surface area contributed by atoms with Gasteiger partial charge in [-0.15, -0.1) is 0 Å². The Balaban J connectivity index is 2.21. The molecule has 0 saturated carbocycles. The van der Waals surface area contributed by atoms with Crippen LogP contribution >= 0.6 is 0 Å². The number of rotatable bonds is 2. The highest BCUT2D eigenvalue weighted by molar-refractivity contribution is 5.86. The molecule has 0 saturated heterocycles. The lowest BCUT2D eigenvalue weighted by atomic mass is 10.1. The van der Waals surface area contributed by atoms with Crippen molar-refractivity contribution in [1.82, 2.24) is 14.5 Å². The Labute approximate surface area is 119 Å². The van der Waals surface area contributed by atoms with Crippen molar-refractivity contribution in [3.63, 3.8) is 0 Å². The summed E-state index contributed by atoms with van der Waals surface area (Å²) < 4.78 is 20.6. The molecule has 0 spiro atoms. The first-order valence-corrected chi connectivity index (χ1v) is 6.25. The van der Waals surface area contributed by atoms with Crippen LogP contribution < -0.4 is 10.3 Å². The number of aromatic nitrogens is 3. The average molecular weight is 285 g/mol. The quantitative estimate of drug-likeness (QED) is 0.724. The summed E-state index contributed by atoms with van der Waals surface area (Å²) in [5, 5.41) is 0.995. The van der Waals surface area contributed by atoms with Gasteiger partial charge in [-0.25, -0.2) is 14.4 Å². The molecule has 1 aromatic carbocycles. The van der Waals surface area contributed by atoms with Crippen LogP contribution in [0.5, 0.6) is 5.88 Å². The van der Waals surface area contributed by atoms with E-state index in [9.17, 15) is 9.18 Å². The molecule has 0 bridgehead atoms. The Morgan fingerprint density at radius 1 is 1.24 bits per heavy atom. The van der Waals surface area contributed by atoms with Gasteiger partial charge in [0, 0.05) is 18.8 Å². The van der Waals surface area contributed by atoms with Crippen LogP contribution in [0.3, 0.4) is 0 Å². The smallest absolute Gasteiger partial charge is 0.258 e. The van der Waals surface area contributed by atoms with E-state index < -0.39 is 5.82 Å². The Morgan fingerprint density at radius 2 is 2.05 bits per heavy atom. The second-order valence-corrected chi connectivity index (χ2v) is 4.60. The van der Waals surface area contributed by atoms with E-state index in [1.807, 2.05) is 0 Å². The zero-order valence-electron chi connectivity index (χ0n) is 11.5. The van der Waals surface area contributed by atoms with Gasteiger partial charge in [-0.05, 0) is 23.6 Å². The molecule has 0 aliphatic rings. The van der Waals surface area contributed by atoms with E-state index in [-0.39, 0.29) is 5.56 Å². The van der Waals surface area contributed by atoms with Gasteiger partial charge >= 0.3 is 0 Å². The van der Waals surface area contributed by atoms with E-state index in [0.29, 0.717) is 27.9 Å². The molecule has 3 aromatic rings. The van der Waals surface area contributed by atoms with Crippen molar-refractivity contribution in [2.45, 2.75) is 0 Å². The third-order valence-electron chi connectivity index (χ3n) is 3.28. The van der Waals surface area contributed by atoms with Crippen LogP contribution in [-0.2, 0) is 7.05 Å². The van der Waals surface area contributed by atoms with E-state index in [1.165, 1.54) is 30.1 Å². The molecule has 0 N–H and O–H groups in total. The number of benzene rings is 1. The predicted molar refractivity (Wildman–Crippen MR) is 76.7 cm³/mol. The lowest BCUT2D eigenvalue weighted by molar-refractivity contribution is 0.396. The van der Waals surface area contributed by atoms with Gasteiger partial charge in [0.1, 0.15) is 5.82 Å². The Hall–Kier alpha value is -2.76. The van der Waals surface area contributed by atoms with Crippen molar-refractivity contribution in [3.8, 4) is 17.1 Å². The van der Waals surface area contributed by atoms with Crippen LogP contribution in [-0.4, -0.2) is 21.6 Å². The lowest BCUT2D eigenvalue weighted by Gasteiger charge is -2.07. The molecule has 0 amide bonds. The molecule has 0 aliphatic carbocycles. The van der Waals surface area contributed by atoms with Gasteiger partial charge in [-0.3, -0.25) is 4.79 Å². The van der Waals surface area contributed by atoms with Crippen molar-refractivity contribution in [1.29, 1.82) is 0 Å². The molecule has 2 aromatic heterocycles. The maximum Gasteiger partial charge on any atom is 0.258 e. The van der Waals surface area contributed by atoms with Crippen LogP contribution in [0.1, 0.15) is 0 Å². The highest BCUT2D eigenvalue weighted by Crippen LogP contribution is 2.25.